The predicted molar refractivity (Wildman–Crippen MR) is 125 cm³/mol. The van der Waals surface area contributed by atoms with Crippen molar-refractivity contribution >= 4 is 0 Å². The summed E-state index contributed by atoms with van der Waals surface area (Å²) in [5, 5.41) is 9.82. The molecule has 3 rings (SSSR count). The Morgan fingerprint density at radius 1 is 1.07 bits per heavy atom. The molecule has 2 aliphatic rings. The minimum Gasteiger partial charge on any atom is -0.503 e. The average molecular weight is 417 g/mol. The zero-order chi connectivity index (χ0) is 21.3. The van der Waals surface area contributed by atoms with E-state index in [2.05, 4.69) is 23.3 Å². The Labute approximate surface area is 183 Å². The lowest BCUT2D eigenvalue weighted by Gasteiger charge is -2.36. The van der Waals surface area contributed by atoms with Crippen LogP contribution >= 0.6 is 0 Å². The average Bonchev–Trinajstić information content (AvgIpc) is 2.94. The van der Waals surface area contributed by atoms with Crippen molar-refractivity contribution in [1.82, 2.24) is 9.47 Å². The third-order valence-electron chi connectivity index (χ3n) is 7.65. The quantitative estimate of drug-likeness (QED) is 0.539. The van der Waals surface area contributed by atoms with Gasteiger partial charge in [0, 0.05) is 44.4 Å². The number of hydrogen-bond acceptors (Lipinski definition) is 3. The lowest BCUT2D eigenvalue weighted by Crippen LogP contribution is -2.36. The van der Waals surface area contributed by atoms with Gasteiger partial charge in [-0.1, -0.05) is 78.1 Å². The van der Waals surface area contributed by atoms with Gasteiger partial charge < -0.3 is 14.6 Å². The molecule has 2 unspecified atom stereocenters. The van der Waals surface area contributed by atoms with Crippen LogP contribution in [0.3, 0.4) is 0 Å². The molecule has 30 heavy (non-hydrogen) atoms. The fraction of sp³-hybridized carbons (Fsp3) is 0.808. The van der Waals surface area contributed by atoms with Gasteiger partial charge in [-0.15, -0.1) is 0 Å². The molecule has 2 atom stereocenters. The van der Waals surface area contributed by atoms with Crippen molar-refractivity contribution in [3.8, 4) is 5.75 Å². The Morgan fingerprint density at radius 2 is 1.87 bits per heavy atom. The van der Waals surface area contributed by atoms with Gasteiger partial charge in [-0.25, -0.2) is 0 Å². The second-order valence-corrected chi connectivity index (χ2v) is 9.95. The van der Waals surface area contributed by atoms with E-state index in [1.165, 1.54) is 77.2 Å². The van der Waals surface area contributed by atoms with Gasteiger partial charge in [0.2, 0.25) is 5.43 Å². The van der Waals surface area contributed by atoms with E-state index < -0.39 is 0 Å². The van der Waals surface area contributed by atoms with Crippen LogP contribution in [0.15, 0.2) is 17.1 Å². The molecule has 170 valence electrons. The Morgan fingerprint density at radius 3 is 2.60 bits per heavy atom. The highest BCUT2D eigenvalue weighted by Gasteiger charge is 2.28. The van der Waals surface area contributed by atoms with Crippen molar-refractivity contribution in [2.45, 2.75) is 97.4 Å². The lowest BCUT2D eigenvalue weighted by atomic mass is 9.74. The zero-order valence-electron chi connectivity index (χ0n) is 19.5. The number of hydrogen-bond donors (Lipinski definition) is 1. The lowest BCUT2D eigenvalue weighted by molar-refractivity contribution is 0.136. The molecule has 0 radical (unpaired) electrons. The molecule has 1 aliphatic heterocycles. The van der Waals surface area contributed by atoms with Crippen LogP contribution in [0.25, 0.3) is 0 Å². The monoisotopic (exact) mass is 416 g/mol. The molecule has 1 fully saturated rings. The van der Waals surface area contributed by atoms with Crippen LogP contribution in [0.4, 0.5) is 0 Å². The molecule has 4 heteroatoms. The number of unbranched alkanes of at least 4 members (excludes halogenated alkanes) is 1. The zero-order valence-corrected chi connectivity index (χ0v) is 19.5. The normalized spacial score (nSPS) is 20.5. The summed E-state index contributed by atoms with van der Waals surface area (Å²) in [6, 6.07) is 1.64. The van der Waals surface area contributed by atoms with E-state index in [9.17, 15) is 9.90 Å². The first-order chi connectivity index (χ1) is 14.6. The van der Waals surface area contributed by atoms with Crippen LogP contribution in [0, 0.1) is 17.8 Å². The molecule has 2 heterocycles. The van der Waals surface area contributed by atoms with Crippen LogP contribution in [0.1, 0.15) is 90.2 Å². The second kappa shape index (κ2) is 11.9. The third kappa shape index (κ3) is 6.60. The van der Waals surface area contributed by atoms with Crippen LogP contribution in [0.5, 0.6) is 5.75 Å². The van der Waals surface area contributed by atoms with Gasteiger partial charge in [-0.05, 0) is 24.2 Å². The van der Waals surface area contributed by atoms with Gasteiger partial charge in [0.05, 0.1) is 6.20 Å². The van der Waals surface area contributed by atoms with Gasteiger partial charge in [-0.2, -0.15) is 0 Å². The number of rotatable bonds is 10. The molecule has 1 aromatic heterocycles. The molecule has 4 nitrogen and oxygen atoms in total. The Balaban J connectivity index is 1.66. The first-order valence-electron chi connectivity index (χ1n) is 12.7. The number of pyridine rings is 1. The van der Waals surface area contributed by atoms with Crippen molar-refractivity contribution < 1.29 is 5.11 Å². The Hall–Kier alpha value is -1.29. The molecular weight excluding hydrogens is 372 g/mol. The van der Waals surface area contributed by atoms with Crippen molar-refractivity contribution in [2.75, 3.05) is 19.6 Å². The maximum Gasteiger partial charge on any atom is 0.223 e. The van der Waals surface area contributed by atoms with Crippen molar-refractivity contribution in [2.24, 2.45) is 17.8 Å². The van der Waals surface area contributed by atoms with Crippen molar-refractivity contribution in [1.29, 1.82) is 0 Å². The molecule has 0 bridgehead atoms. The van der Waals surface area contributed by atoms with E-state index in [1.807, 2.05) is 0 Å². The highest BCUT2D eigenvalue weighted by Crippen LogP contribution is 2.36. The number of aromatic nitrogens is 1. The van der Waals surface area contributed by atoms with E-state index in [0.717, 1.165) is 49.5 Å². The number of fused-ring (bicyclic) bond motifs is 1. The van der Waals surface area contributed by atoms with E-state index >= 15 is 0 Å². The smallest absolute Gasteiger partial charge is 0.223 e. The topological polar surface area (TPSA) is 45.5 Å². The van der Waals surface area contributed by atoms with Crippen LogP contribution in [0.2, 0.25) is 0 Å². The molecule has 0 amide bonds. The van der Waals surface area contributed by atoms with Crippen molar-refractivity contribution in [3.63, 3.8) is 0 Å². The van der Waals surface area contributed by atoms with Gasteiger partial charge >= 0.3 is 0 Å². The summed E-state index contributed by atoms with van der Waals surface area (Å²) in [5.74, 6) is 2.48. The number of aromatic hydroxyl groups is 1. The Bertz CT molecular complexity index is 693. The SMILES string of the molecule is CCCCC(CCC)CC(CN1CCc2cc(=O)c(O)cn2CC1)C1CCCCC1. The van der Waals surface area contributed by atoms with E-state index in [4.69, 9.17) is 0 Å². The molecule has 0 saturated heterocycles. The van der Waals surface area contributed by atoms with Crippen LogP contribution in [-0.4, -0.2) is 34.2 Å². The van der Waals surface area contributed by atoms with Gasteiger partial charge in [0.15, 0.2) is 5.75 Å². The molecular formula is C26H44N2O2. The third-order valence-corrected chi connectivity index (χ3v) is 7.65. The summed E-state index contributed by atoms with van der Waals surface area (Å²) in [6.45, 7) is 8.79. The highest BCUT2D eigenvalue weighted by atomic mass is 16.3. The predicted octanol–water partition coefficient (Wildman–Crippen LogP) is 5.61. The summed E-state index contributed by atoms with van der Waals surface area (Å²) in [7, 11) is 0. The first-order valence-corrected chi connectivity index (χ1v) is 12.7. The second-order valence-electron chi connectivity index (χ2n) is 9.95. The molecule has 1 aromatic rings. The molecule has 1 aliphatic carbocycles. The summed E-state index contributed by atoms with van der Waals surface area (Å²) in [6.07, 6.45) is 17.8. The van der Waals surface area contributed by atoms with Crippen LogP contribution < -0.4 is 5.43 Å². The fourth-order valence-electron chi connectivity index (χ4n) is 5.90. The maximum absolute atomic E-state index is 11.9. The van der Waals surface area contributed by atoms with Gasteiger partial charge in [0.25, 0.3) is 0 Å². The highest BCUT2D eigenvalue weighted by molar-refractivity contribution is 5.21. The maximum atomic E-state index is 11.9. The minimum atomic E-state index is -0.242. The molecule has 0 spiro atoms. The van der Waals surface area contributed by atoms with E-state index in [1.54, 1.807) is 12.3 Å². The fourth-order valence-corrected chi connectivity index (χ4v) is 5.90. The summed E-state index contributed by atoms with van der Waals surface area (Å²) in [4.78, 5) is 14.5. The molecule has 1 saturated carbocycles. The number of nitrogens with zero attached hydrogens (tertiary/aromatic N) is 2. The van der Waals surface area contributed by atoms with Crippen LogP contribution in [-0.2, 0) is 13.0 Å². The first kappa shape index (κ1) is 23.4. The summed E-state index contributed by atoms with van der Waals surface area (Å²) < 4.78 is 2.09. The van der Waals surface area contributed by atoms with Gasteiger partial charge in [-0.3, -0.25) is 4.79 Å². The minimum absolute atomic E-state index is 0.120. The Kier molecular flexibility index (Phi) is 9.29. The van der Waals surface area contributed by atoms with E-state index in [-0.39, 0.29) is 11.2 Å². The van der Waals surface area contributed by atoms with E-state index in [0.29, 0.717) is 0 Å². The van der Waals surface area contributed by atoms with Gasteiger partial charge in [0.1, 0.15) is 0 Å². The standard InChI is InChI=1S/C26H44N2O2/c1-3-5-10-21(9-4-2)17-23(22-11-7-6-8-12-22)19-27-14-13-24-18-25(29)26(30)20-28(24)16-15-27/h18,20-23,30H,3-17,19H2,1-2H3. The molecule has 1 N–H and O–H groups in total. The summed E-state index contributed by atoms with van der Waals surface area (Å²) >= 11 is 0. The summed E-state index contributed by atoms with van der Waals surface area (Å²) in [5.41, 5.74) is 0.828. The molecule has 0 aromatic carbocycles. The van der Waals surface area contributed by atoms with Crippen molar-refractivity contribution in [3.05, 3.63) is 28.2 Å². The largest absolute Gasteiger partial charge is 0.503 e.